The number of hydrogen-bond acceptors (Lipinski definition) is 4. The Hall–Kier alpha value is -2.67. The molecule has 3 rings (SSSR count). The lowest BCUT2D eigenvalue weighted by Crippen LogP contribution is -2.34. The second-order valence-electron chi connectivity index (χ2n) is 5.60. The molecule has 1 aliphatic rings. The molecule has 120 valence electrons. The standard InChI is InChI=1S/C16H17N3O4/c20-15(21)11-18-9-3-8-17-7-2-6-14(17)16(18)12-4-1-5-13(10-12)19(22)23/h1-2,4-7,10,16H,3,8-9,11H2,(H,20,21). The van der Waals surface area contributed by atoms with Crippen molar-refractivity contribution < 1.29 is 14.8 Å². The summed E-state index contributed by atoms with van der Waals surface area (Å²) in [5.41, 5.74) is 1.71. The molecule has 1 N–H and O–H groups in total. The highest BCUT2D eigenvalue weighted by Gasteiger charge is 2.29. The Bertz CT molecular complexity index is 740. The number of aliphatic carboxylic acids is 1. The largest absolute Gasteiger partial charge is 0.480 e. The summed E-state index contributed by atoms with van der Waals surface area (Å²) in [7, 11) is 0. The predicted octanol–water partition coefficient (Wildman–Crippen LogP) is 2.28. The fourth-order valence-electron chi connectivity index (χ4n) is 3.17. The molecule has 0 saturated carbocycles. The van der Waals surface area contributed by atoms with E-state index in [1.54, 1.807) is 6.07 Å². The van der Waals surface area contributed by atoms with E-state index < -0.39 is 10.9 Å². The average Bonchev–Trinajstić information content (AvgIpc) is 2.89. The van der Waals surface area contributed by atoms with E-state index in [1.165, 1.54) is 12.1 Å². The number of carboxylic acids is 1. The molecule has 0 spiro atoms. The summed E-state index contributed by atoms with van der Waals surface area (Å²) in [5, 5.41) is 20.3. The smallest absolute Gasteiger partial charge is 0.317 e. The molecular formula is C16H17N3O4. The molecule has 23 heavy (non-hydrogen) atoms. The Balaban J connectivity index is 2.08. The van der Waals surface area contributed by atoms with Crippen molar-refractivity contribution in [3.63, 3.8) is 0 Å². The quantitative estimate of drug-likeness (QED) is 0.690. The van der Waals surface area contributed by atoms with Gasteiger partial charge in [-0.05, 0) is 24.1 Å². The van der Waals surface area contributed by atoms with Crippen molar-refractivity contribution in [3.05, 3.63) is 64.0 Å². The molecule has 0 fully saturated rings. The lowest BCUT2D eigenvalue weighted by molar-refractivity contribution is -0.384. The highest BCUT2D eigenvalue weighted by molar-refractivity contribution is 5.69. The lowest BCUT2D eigenvalue weighted by atomic mass is 10.0. The summed E-state index contributed by atoms with van der Waals surface area (Å²) in [6.07, 6.45) is 2.80. The summed E-state index contributed by atoms with van der Waals surface area (Å²) in [6, 6.07) is 10.00. The molecule has 2 heterocycles. The molecule has 0 radical (unpaired) electrons. The summed E-state index contributed by atoms with van der Waals surface area (Å²) >= 11 is 0. The van der Waals surface area contributed by atoms with Gasteiger partial charge in [-0.15, -0.1) is 0 Å². The van der Waals surface area contributed by atoms with Gasteiger partial charge in [-0.25, -0.2) is 0 Å². The summed E-state index contributed by atoms with van der Waals surface area (Å²) < 4.78 is 2.09. The van der Waals surface area contributed by atoms with Crippen LogP contribution < -0.4 is 0 Å². The van der Waals surface area contributed by atoms with Gasteiger partial charge in [-0.2, -0.15) is 0 Å². The molecule has 1 aliphatic heterocycles. The van der Waals surface area contributed by atoms with E-state index in [4.69, 9.17) is 0 Å². The van der Waals surface area contributed by atoms with Gasteiger partial charge in [0.25, 0.3) is 5.69 Å². The van der Waals surface area contributed by atoms with Crippen LogP contribution >= 0.6 is 0 Å². The fourth-order valence-corrected chi connectivity index (χ4v) is 3.17. The highest BCUT2D eigenvalue weighted by Crippen LogP contribution is 2.33. The first-order valence-corrected chi connectivity index (χ1v) is 7.41. The van der Waals surface area contributed by atoms with Crippen molar-refractivity contribution in [2.45, 2.75) is 19.0 Å². The van der Waals surface area contributed by atoms with Crippen LogP contribution in [-0.2, 0) is 11.3 Å². The van der Waals surface area contributed by atoms with E-state index in [-0.39, 0.29) is 18.3 Å². The van der Waals surface area contributed by atoms with Crippen molar-refractivity contribution in [2.24, 2.45) is 0 Å². The maximum atomic E-state index is 11.2. The number of fused-ring (bicyclic) bond motifs is 1. The number of rotatable bonds is 4. The SMILES string of the molecule is O=C(O)CN1CCCn2cccc2C1c1cccc([N+](=O)[O-])c1. The van der Waals surface area contributed by atoms with E-state index in [1.807, 2.05) is 29.3 Å². The number of nitro benzene ring substituents is 1. The van der Waals surface area contributed by atoms with Crippen molar-refractivity contribution >= 4 is 11.7 Å². The minimum absolute atomic E-state index is 0.0140. The van der Waals surface area contributed by atoms with Gasteiger partial charge in [0.05, 0.1) is 17.5 Å². The zero-order valence-electron chi connectivity index (χ0n) is 12.5. The van der Waals surface area contributed by atoms with Crippen molar-refractivity contribution in [3.8, 4) is 0 Å². The van der Waals surface area contributed by atoms with E-state index >= 15 is 0 Å². The highest BCUT2D eigenvalue weighted by atomic mass is 16.6. The average molecular weight is 315 g/mol. The van der Waals surface area contributed by atoms with E-state index in [0.717, 1.165) is 24.2 Å². The minimum atomic E-state index is -0.902. The van der Waals surface area contributed by atoms with Crippen LogP contribution in [0.1, 0.15) is 23.7 Å². The third kappa shape index (κ3) is 3.09. The Morgan fingerprint density at radius 3 is 2.87 bits per heavy atom. The minimum Gasteiger partial charge on any atom is -0.480 e. The van der Waals surface area contributed by atoms with Gasteiger partial charge in [0.2, 0.25) is 0 Å². The number of non-ortho nitro benzene ring substituents is 1. The molecule has 0 bridgehead atoms. The zero-order chi connectivity index (χ0) is 16.4. The van der Waals surface area contributed by atoms with Gasteiger partial charge < -0.3 is 9.67 Å². The second kappa shape index (κ2) is 6.21. The van der Waals surface area contributed by atoms with Gasteiger partial charge in [-0.3, -0.25) is 19.8 Å². The number of nitro groups is 1. The molecule has 7 heteroatoms. The maximum Gasteiger partial charge on any atom is 0.317 e. The van der Waals surface area contributed by atoms with Gasteiger partial charge in [0.1, 0.15) is 0 Å². The molecule has 1 unspecified atom stereocenters. The van der Waals surface area contributed by atoms with Crippen LogP contribution in [0.2, 0.25) is 0 Å². The monoisotopic (exact) mass is 315 g/mol. The number of aryl methyl sites for hydroxylation is 1. The molecule has 1 aromatic heterocycles. The molecule has 0 saturated heterocycles. The second-order valence-corrected chi connectivity index (χ2v) is 5.60. The number of carboxylic acid groups (broad SMARTS) is 1. The number of hydrogen-bond donors (Lipinski definition) is 1. The predicted molar refractivity (Wildman–Crippen MR) is 83.2 cm³/mol. The van der Waals surface area contributed by atoms with Crippen LogP contribution in [0.15, 0.2) is 42.6 Å². The van der Waals surface area contributed by atoms with Crippen LogP contribution in [0.4, 0.5) is 5.69 Å². The normalized spacial score (nSPS) is 18.2. The molecule has 7 nitrogen and oxygen atoms in total. The van der Waals surface area contributed by atoms with Gasteiger partial charge >= 0.3 is 5.97 Å². The van der Waals surface area contributed by atoms with E-state index in [9.17, 15) is 20.0 Å². The van der Waals surface area contributed by atoms with Crippen LogP contribution in [0, 0.1) is 10.1 Å². The summed E-state index contributed by atoms with van der Waals surface area (Å²) in [6.45, 7) is 1.34. The van der Waals surface area contributed by atoms with Crippen molar-refractivity contribution in [1.29, 1.82) is 0 Å². The van der Waals surface area contributed by atoms with Gasteiger partial charge in [-0.1, -0.05) is 12.1 Å². The van der Waals surface area contributed by atoms with Crippen molar-refractivity contribution in [2.75, 3.05) is 13.1 Å². The maximum absolute atomic E-state index is 11.2. The first kappa shape index (κ1) is 15.2. The van der Waals surface area contributed by atoms with Crippen LogP contribution in [0.25, 0.3) is 0 Å². The number of carbonyl (C=O) groups is 1. The van der Waals surface area contributed by atoms with E-state index in [0.29, 0.717) is 6.54 Å². The lowest BCUT2D eigenvalue weighted by Gasteiger charge is -2.29. The fraction of sp³-hybridized carbons (Fsp3) is 0.312. The zero-order valence-corrected chi connectivity index (χ0v) is 12.5. The molecule has 0 amide bonds. The van der Waals surface area contributed by atoms with Crippen LogP contribution in [0.3, 0.4) is 0 Å². The molecule has 1 aromatic carbocycles. The molecule has 1 atom stereocenters. The number of nitrogens with zero attached hydrogens (tertiary/aromatic N) is 3. The third-order valence-corrected chi connectivity index (χ3v) is 4.09. The topological polar surface area (TPSA) is 88.6 Å². The Morgan fingerprint density at radius 2 is 2.13 bits per heavy atom. The van der Waals surface area contributed by atoms with Crippen LogP contribution in [0.5, 0.6) is 0 Å². The van der Waals surface area contributed by atoms with Crippen LogP contribution in [-0.4, -0.2) is 38.6 Å². The van der Waals surface area contributed by atoms with Gasteiger partial charge in [0.15, 0.2) is 0 Å². The van der Waals surface area contributed by atoms with Crippen molar-refractivity contribution in [1.82, 2.24) is 9.47 Å². The Kier molecular flexibility index (Phi) is 4.12. The number of benzene rings is 1. The molecule has 2 aromatic rings. The third-order valence-electron chi connectivity index (χ3n) is 4.09. The van der Waals surface area contributed by atoms with Gasteiger partial charge in [0, 0.05) is 37.1 Å². The van der Waals surface area contributed by atoms with E-state index in [2.05, 4.69) is 4.57 Å². The first-order valence-electron chi connectivity index (χ1n) is 7.41. The molecule has 0 aliphatic carbocycles. The first-order chi connectivity index (χ1) is 11.1. The number of aromatic nitrogens is 1. The summed E-state index contributed by atoms with van der Waals surface area (Å²) in [4.78, 5) is 23.7. The Morgan fingerprint density at radius 1 is 1.30 bits per heavy atom. The molecular weight excluding hydrogens is 298 g/mol. The Labute approximate surface area is 132 Å². The summed E-state index contributed by atoms with van der Waals surface area (Å²) in [5.74, 6) is -0.902.